The van der Waals surface area contributed by atoms with E-state index in [-0.39, 0.29) is 54.9 Å². The van der Waals surface area contributed by atoms with E-state index in [2.05, 4.69) is 190 Å². The Morgan fingerprint density at radius 3 is 1.42 bits per heavy atom. The van der Waals surface area contributed by atoms with Crippen molar-refractivity contribution >= 4 is 47.5 Å². The van der Waals surface area contributed by atoms with Crippen molar-refractivity contribution in [2.24, 2.45) is 29.6 Å². The van der Waals surface area contributed by atoms with Crippen molar-refractivity contribution in [2.45, 2.75) is 215 Å². The van der Waals surface area contributed by atoms with Crippen LogP contribution in [-0.2, 0) is 22.8 Å². The van der Waals surface area contributed by atoms with E-state index in [0.717, 1.165) is 12.8 Å². The first kappa shape index (κ1) is 55.4. The summed E-state index contributed by atoms with van der Waals surface area (Å²) in [6, 6.07) is 0. The van der Waals surface area contributed by atoms with Gasteiger partial charge in [0.05, 0.1) is 24.4 Å². The molecule has 0 radical (unpaired) electrons. The van der Waals surface area contributed by atoms with Crippen LogP contribution in [0, 0.1) is 29.6 Å². The Labute approximate surface area is 360 Å². The fourth-order valence-electron chi connectivity index (χ4n) is 10.5. The number of rotatable bonds is 28. The minimum atomic E-state index is -2.26. The van der Waals surface area contributed by atoms with Crippen LogP contribution in [0.5, 0.6) is 0 Å². The van der Waals surface area contributed by atoms with E-state index in [0.29, 0.717) is 39.2 Å². The molecule has 0 heterocycles. The van der Waals surface area contributed by atoms with Gasteiger partial charge in [-0.1, -0.05) is 164 Å². The zero-order chi connectivity index (χ0) is 43.2. The molecule has 0 aliphatic carbocycles. The molecule has 0 aliphatic heterocycles. The van der Waals surface area contributed by atoms with Gasteiger partial charge in [0.15, 0.2) is 8.32 Å². The van der Waals surface area contributed by atoms with Crippen molar-refractivity contribution in [3.63, 3.8) is 0 Å². The molecule has 9 heteroatoms. The van der Waals surface area contributed by atoms with E-state index in [1.165, 1.54) is 5.57 Å². The van der Waals surface area contributed by atoms with Crippen LogP contribution in [0.2, 0.25) is 52.9 Å². The number of ether oxygens (including phenoxy) is 2. The van der Waals surface area contributed by atoms with E-state index < -0.39 is 25.0 Å². The fraction of sp³-hybridized carbons (Fsp3) is 0.870. The van der Waals surface area contributed by atoms with Crippen LogP contribution in [0.3, 0.4) is 0 Å². The molecular weight excluding hydrogens is 844 g/mol. The van der Waals surface area contributed by atoms with Crippen LogP contribution in [0.1, 0.15) is 137 Å². The molecule has 9 atom stereocenters. The molecule has 0 aromatic heterocycles. The quantitative estimate of drug-likeness (QED) is 0.0339. The highest BCUT2D eigenvalue weighted by molar-refractivity contribution is 14.1. The lowest BCUT2D eigenvalue weighted by Crippen LogP contribution is -2.55. The van der Waals surface area contributed by atoms with Crippen LogP contribution in [0.15, 0.2) is 34.5 Å². The van der Waals surface area contributed by atoms with E-state index in [1.807, 2.05) is 6.08 Å². The molecule has 326 valence electrons. The average molecular weight is 937 g/mol. The van der Waals surface area contributed by atoms with E-state index in [1.54, 1.807) is 7.11 Å². The number of allylic oxidation sites excluding steroid dienone is 1. The summed E-state index contributed by atoms with van der Waals surface area (Å²) in [5.74, 6) is 1.06. The van der Waals surface area contributed by atoms with Crippen molar-refractivity contribution in [3.8, 4) is 0 Å². The second-order valence-electron chi connectivity index (χ2n) is 20.1. The maximum atomic E-state index is 7.88. The molecule has 0 aromatic carbocycles. The molecule has 0 aliphatic rings. The maximum absolute atomic E-state index is 7.88. The van der Waals surface area contributed by atoms with Gasteiger partial charge >= 0.3 is 0 Å². The lowest BCUT2D eigenvalue weighted by molar-refractivity contribution is -0.141. The van der Waals surface area contributed by atoms with Gasteiger partial charge in [0.1, 0.15) is 6.79 Å². The molecule has 0 fully saturated rings. The van der Waals surface area contributed by atoms with Gasteiger partial charge in [-0.25, -0.2) is 0 Å². The molecule has 0 rings (SSSR count). The third-order valence-corrected chi connectivity index (χ3v) is 26.3. The molecule has 0 N–H and O–H groups in total. The minimum absolute atomic E-state index is 0.00565. The van der Waals surface area contributed by atoms with Crippen molar-refractivity contribution in [1.82, 2.24) is 0 Å². The molecule has 5 nitrogen and oxygen atoms in total. The molecule has 0 saturated carbocycles. The summed E-state index contributed by atoms with van der Waals surface area (Å²) < 4.78 is 36.8. The summed E-state index contributed by atoms with van der Waals surface area (Å²) in [4.78, 5) is 0. The number of halogens is 1. The van der Waals surface area contributed by atoms with Gasteiger partial charge in [-0.2, -0.15) is 0 Å². The summed E-state index contributed by atoms with van der Waals surface area (Å²) in [5, 5.41) is 0. The maximum Gasteiger partial charge on any atom is 0.200 e. The zero-order valence-electron chi connectivity index (χ0n) is 40.2. The van der Waals surface area contributed by atoms with E-state index in [9.17, 15) is 0 Å². The predicted octanol–water partition coefficient (Wildman–Crippen LogP) is 15.4. The van der Waals surface area contributed by atoms with Gasteiger partial charge in [-0.05, 0) is 88.6 Å². The molecule has 0 spiro atoms. The first-order valence-corrected chi connectivity index (χ1v) is 30.8. The molecule has 0 bridgehead atoms. The highest BCUT2D eigenvalue weighted by Gasteiger charge is 2.50. The van der Waals surface area contributed by atoms with E-state index >= 15 is 0 Å². The zero-order valence-corrected chi connectivity index (χ0v) is 45.4. The Morgan fingerprint density at radius 2 is 1.05 bits per heavy atom. The second-order valence-corrected chi connectivity index (χ2v) is 36.1. The summed E-state index contributed by atoms with van der Waals surface area (Å²) in [7, 11) is -4.49. The average Bonchev–Trinajstić information content (AvgIpc) is 3.03. The fourth-order valence-corrected chi connectivity index (χ4v) is 23.8. The van der Waals surface area contributed by atoms with Crippen molar-refractivity contribution in [3.05, 3.63) is 34.5 Å². The van der Waals surface area contributed by atoms with Crippen LogP contribution in [-0.4, -0.2) is 63.3 Å². The molecule has 55 heavy (non-hydrogen) atoms. The van der Waals surface area contributed by atoms with Gasteiger partial charge in [-0.3, -0.25) is 0 Å². The first-order chi connectivity index (χ1) is 25.2. The highest BCUT2D eigenvalue weighted by atomic mass is 127. The molecule has 0 saturated heterocycles. The summed E-state index contributed by atoms with van der Waals surface area (Å²) in [6.07, 6.45) is 8.62. The lowest BCUT2D eigenvalue weighted by Gasteiger charge is -2.49. The Bertz CT molecular complexity index is 1090. The minimum Gasteiger partial charge on any atom is -0.414 e. The van der Waals surface area contributed by atoms with Crippen molar-refractivity contribution in [2.75, 3.05) is 13.9 Å². The third kappa shape index (κ3) is 15.7. The Kier molecular flexibility index (Phi) is 25.4. The van der Waals surface area contributed by atoms with Gasteiger partial charge in [0.25, 0.3) is 0 Å². The second kappa shape index (κ2) is 25.2. The number of methoxy groups -OCH3 is 1. The summed E-state index contributed by atoms with van der Waals surface area (Å²) in [6.45, 7) is 54.1. The van der Waals surface area contributed by atoms with Crippen molar-refractivity contribution in [1.29, 1.82) is 0 Å². The smallest absolute Gasteiger partial charge is 0.200 e. The van der Waals surface area contributed by atoms with Crippen LogP contribution >= 0.6 is 22.6 Å². The molecule has 0 aromatic rings. The molecular formula is C46H93IO5Si3. The molecule has 1 unspecified atom stereocenters. The summed E-state index contributed by atoms with van der Waals surface area (Å²) in [5.41, 5.74) is 4.44. The highest BCUT2D eigenvalue weighted by Crippen LogP contribution is 2.47. The van der Waals surface area contributed by atoms with Gasteiger partial charge < -0.3 is 22.8 Å². The standard InChI is InChI=1S/C46H93IO5Si3/c1-24-25-43(50-53(21,22)23)41(18)46(49-30-48-20)42(19)45(52-55(34(8)9,35(10)11)36(12)13)40(17)29-37(14)28-39(16)44(38(15)26-27-47)51-54(31(2)3,32(4)5)33(6)7/h24,26-28,31-36,38-46H,1,25,29-30H2,2-23H3/b27-26-,37-28-/t38-,39-,40-,41-,42-,43?,44-,45+,46-/m1/s1. The number of hydrogen-bond donors (Lipinski definition) is 0. The Hall–Kier alpha value is 0.401. The lowest BCUT2D eigenvalue weighted by atomic mass is 9.79. The van der Waals surface area contributed by atoms with E-state index in [4.69, 9.17) is 22.8 Å². The topological polar surface area (TPSA) is 46.2 Å². The Balaban J connectivity index is 7.34. The largest absolute Gasteiger partial charge is 0.414 e. The molecule has 0 amide bonds. The van der Waals surface area contributed by atoms with Gasteiger partial charge in [0, 0.05) is 24.9 Å². The summed E-state index contributed by atoms with van der Waals surface area (Å²) >= 11 is 2.37. The van der Waals surface area contributed by atoms with Gasteiger partial charge in [0.2, 0.25) is 16.6 Å². The van der Waals surface area contributed by atoms with Gasteiger partial charge in [-0.15, -0.1) is 6.58 Å². The van der Waals surface area contributed by atoms with Crippen LogP contribution < -0.4 is 0 Å². The SMILES string of the molecule is C=CCC(O[Si](C)(C)C)[C@@H](C)[C@@H](OCOC)[C@H](C)[C@@H](O[Si](C(C)C)(C(C)C)C(C)C)[C@H](C)C/C(C)=C\[C@@H](C)[C@H](O[Si](C(C)C)(C(C)C)C(C)C)[C@H](C)/C=C\I. The van der Waals surface area contributed by atoms with Crippen molar-refractivity contribution < 1.29 is 22.8 Å². The number of hydrogen-bond acceptors (Lipinski definition) is 5. The monoisotopic (exact) mass is 937 g/mol. The first-order valence-electron chi connectivity index (χ1n) is 21.9. The Morgan fingerprint density at radius 1 is 0.618 bits per heavy atom. The third-order valence-electron chi connectivity index (χ3n) is 12.7. The van der Waals surface area contributed by atoms with Crippen LogP contribution in [0.4, 0.5) is 0 Å². The predicted molar refractivity (Wildman–Crippen MR) is 259 cm³/mol. The van der Waals surface area contributed by atoms with Crippen LogP contribution in [0.25, 0.3) is 0 Å². The normalized spacial score (nSPS) is 19.1.